The van der Waals surface area contributed by atoms with Crippen molar-refractivity contribution in [3.8, 4) is 0 Å². The summed E-state index contributed by atoms with van der Waals surface area (Å²) in [6.45, 7) is 1.42. The summed E-state index contributed by atoms with van der Waals surface area (Å²) in [5.41, 5.74) is 1.20. The molecule has 0 aliphatic heterocycles. The molecule has 2 atom stereocenters. The van der Waals surface area contributed by atoms with E-state index in [4.69, 9.17) is 11.6 Å². The van der Waals surface area contributed by atoms with E-state index in [1.54, 1.807) is 30.5 Å². The Morgan fingerprint density at radius 3 is 2.85 bits per heavy atom. The normalized spacial score (nSPS) is 14.2. The van der Waals surface area contributed by atoms with Crippen LogP contribution in [0.4, 0.5) is 0 Å². The zero-order valence-electron chi connectivity index (χ0n) is 10.8. The molecule has 0 aliphatic rings. The van der Waals surface area contributed by atoms with Crippen molar-refractivity contribution in [3.05, 3.63) is 41.0 Å². The highest BCUT2D eigenvalue weighted by molar-refractivity contribution is 8.13. The lowest BCUT2D eigenvalue weighted by atomic mass is 10.0. The van der Waals surface area contributed by atoms with E-state index < -0.39 is 12.2 Å². The molecule has 0 bridgehead atoms. The molecular formula is C14H14ClNO3S. The van der Waals surface area contributed by atoms with Crippen LogP contribution in [0.15, 0.2) is 30.5 Å². The maximum atomic E-state index is 10.9. The van der Waals surface area contributed by atoms with Gasteiger partial charge in [-0.15, -0.1) is 0 Å². The highest BCUT2D eigenvalue weighted by Crippen LogP contribution is 2.26. The van der Waals surface area contributed by atoms with E-state index in [2.05, 4.69) is 4.98 Å². The molecule has 20 heavy (non-hydrogen) atoms. The van der Waals surface area contributed by atoms with E-state index in [9.17, 15) is 15.0 Å². The third kappa shape index (κ3) is 3.49. The number of thioether (sulfide) groups is 1. The molecular weight excluding hydrogens is 298 g/mol. The lowest BCUT2D eigenvalue weighted by Gasteiger charge is -2.17. The number of aliphatic hydroxyl groups excluding tert-OH is 2. The minimum Gasteiger partial charge on any atom is -0.389 e. The van der Waals surface area contributed by atoms with Gasteiger partial charge in [0.15, 0.2) is 5.12 Å². The molecule has 1 aromatic heterocycles. The number of nitrogens with zero attached hydrogens (tertiary/aromatic N) is 1. The van der Waals surface area contributed by atoms with Crippen LogP contribution in [0.3, 0.4) is 0 Å². The Labute approximate surface area is 125 Å². The van der Waals surface area contributed by atoms with Crippen LogP contribution < -0.4 is 0 Å². The molecule has 0 aliphatic carbocycles. The first-order valence-corrected chi connectivity index (χ1v) is 7.39. The number of hydrogen-bond donors (Lipinski definition) is 2. The molecule has 0 amide bonds. The molecule has 0 saturated carbocycles. The average molecular weight is 312 g/mol. The third-order valence-corrected chi connectivity index (χ3v) is 4.12. The number of carbonyl (C=O) groups is 1. The first-order valence-electron chi connectivity index (χ1n) is 6.02. The summed E-state index contributed by atoms with van der Waals surface area (Å²) in [6, 6.07) is 6.84. The summed E-state index contributed by atoms with van der Waals surface area (Å²) >= 11 is 7.03. The smallest absolute Gasteiger partial charge is 0.185 e. The third-order valence-electron chi connectivity index (χ3n) is 2.88. The number of aliphatic hydroxyl groups is 2. The van der Waals surface area contributed by atoms with Crippen molar-refractivity contribution in [1.82, 2.24) is 4.98 Å². The molecule has 1 aromatic carbocycles. The van der Waals surface area contributed by atoms with Gasteiger partial charge in [0, 0.05) is 24.3 Å². The van der Waals surface area contributed by atoms with Crippen molar-refractivity contribution < 1.29 is 15.0 Å². The Morgan fingerprint density at radius 2 is 2.15 bits per heavy atom. The summed E-state index contributed by atoms with van der Waals surface area (Å²) in [4.78, 5) is 15.0. The molecule has 0 radical (unpaired) electrons. The van der Waals surface area contributed by atoms with E-state index in [0.717, 1.165) is 17.1 Å². The topological polar surface area (TPSA) is 70.4 Å². The number of carbonyl (C=O) groups excluding carboxylic acids is 1. The predicted octanol–water partition coefficient (Wildman–Crippen LogP) is 2.56. The molecule has 2 aromatic rings. The van der Waals surface area contributed by atoms with Gasteiger partial charge in [-0.2, -0.15) is 0 Å². The molecule has 1 heterocycles. The number of hydrogen-bond acceptors (Lipinski definition) is 5. The monoisotopic (exact) mass is 311 g/mol. The first kappa shape index (κ1) is 15.3. The SMILES string of the molecule is CC(=O)SCC(O)C(O)c1ccc2c(Cl)ccnc2c1. The van der Waals surface area contributed by atoms with Crippen molar-refractivity contribution in [2.75, 3.05) is 5.75 Å². The largest absolute Gasteiger partial charge is 0.389 e. The number of halogens is 1. The van der Waals surface area contributed by atoms with Gasteiger partial charge < -0.3 is 10.2 Å². The Bertz CT molecular complexity index is 635. The van der Waals surface area contributed by atoms with Crippen LogP contribution in [0.1, 0.15) is 18.6 Å². The highest BCUT2D eigenvalue weighted by Gasteiger charge is 2.19. The van der Waals surface area contributed by atoms with Crippen LogP contribution in [0, 0.1) is 0 Å². The van der Waals surface area contributed by atoms with E-state index in [1.165, 1.54) is 6.92 Å². The van der Waals surface area contributed by atoms with Gasteiger partial charge in [-0.3, -0.25) is 9.78 Å². The average Bonchev–Trinajstić information content (AvgIpc) is 2.43. The van der Waals surface area contributed by atoms with Gasteiger partial charge in [0.25, 0.3) is 0 Å². The zero-order valence-corrected chi connectivity index (χ0v) is 12.4. The van der Waals surface area contributed by atoms with Crippen molar-refractivity contribution >= 4 is 39.4 Å². The number of pyridine rings is 1. The van der Waals surface area contributed by atoms with Crippen LogP contribution in [0.25, 0.3) is 10.9 Å². The number of rotatable bonds is 4. The summed E-state index contributed by atoms with van der Waals surface area (Å²) in [5.74, 6) is 0.150. The van der Waals surface area contributed by atoms with Crippen LogP contribution in [-0.4, -0.2) is 32.2 Å². The fourth-order valence-corrected chi connectivity index (χ4v) is 2.63. The molecule has 0 saturated heterocycles. The maximum absolute atomic E-state index is 10.9. The van der Waals surface area contributed by atoms with E-state index >= 15 is 0 Å². The van der Waals surface area contributed by atoms with Gasteiger partial charge in [-0.05, 0) is 17.7 Å². The zero-order chi connectivity index (χ0) is 14.7. The summed E-state index contributed by atoms with van der Waals surface area (Å²) in [5, 5.41) is 21.3. The minimum atomic E-state index is -1.06. The second kappa shape index (κ2) is 6.54. The van der Waals surface area contributed by atoms with Gasteiger partial charge in [0.2, 0.25) is 0 Å². The lowest BCUT2D eigenvalue weighted by Crippen LogP contribution is -2.21. The number of benzene rings is 1. The summed E-state index contributed by atoms with van der Waals surface area (Å²) < 4.78 is 0. The van der Waals surface area contributed by atoms with Crippen LogP contribution >= 0.6 is 23.4 Å². The molecule has 2 rings (SSSR count). The first-order chi connectivity index (χ1) is 9.49. The molecule has 0 fully saturated rings. The van der Waals surface area contributed by atoms with Crippen LogP contribution in [0.5, 0.6) is 0 Å². The van der Waals surface area contributed by atoms with Crippen molar-refractivity contribution in [2.45, 2.75) is 19.1 Å². The van der Waals surface area contributed by atoms with Gasteiger partial charge in [-0.1, -0.05) is 35.5 Å². The molecule has 2 N–H and O–H groups in total. The molecule has 106 valence electrons. The minimum absolute atomic E-state index is 0.0943. The number of aromatic nitrogens is 1. The molecule has 2 unspecified atom stereocenters. The van der Waals surface area contributed by atoms with E-state index in [0.29, 0.717) is 16.1 Å². The fourth-order valence-electron chi connectivity index (χ4n) is 1.83. The Morgan fingerprint density at radius 1 is 1.40 bits per heavy atom. The maximum Gasteiger partial charge on any atom is 0.185 e. The van der Waals surface area contributed by atoms with Crippen LogP contribution in [0.2, 0.25) is 5.02 Å². The Kier molecular flexibility index (Phi) is 4.99. The lowest BCUT2D eigenvalue weighted by molar-refractivity contribution is -0.109. The second-order valence-electron chi connectivity index (χ2n) is 4.38. The van der Waals surface area contributed by atoms with E-state index in [-0.39, 0.29) is 10.9 Å². The van der Waals surface area contributed by atoms with Crippen molar-refractivity contribution in [1.29, 1.82) is 0 Å². The predicted molar refractivity (Wildman–Crippen MR) is 80.9 cm³/mol. The molecule has 0 spiro atoms. The summed E-state index contributed by atoms with van der Waals surface area (Å²) in [6.07, 6.45) is -0.490. The summed E-state index contributed by atoms with van der Waals surface area (Å²) in [7, 11) is 0. The molecule has 6 heteroatoms. The number of fused-ring (bicyclic) bond motifs is 1. The van der Waals surface area contributed by atoms with Crippen molar-refractivity contribution in [3.63, 3.8) is 0 Å². The second-order valence-corrected chi connectivity index (χ2v) is 5.99. The van der Waals surface area contributed by atoms with Gasteiger partial charge in [0.1, 0.15) is 6.10 Å². The molecule has 4 nitrogen and oxygen atoms in total. The standard InChI is InChI=1S/C14H14ClNO3S/c1-8(17)20-7-13(18)14(19)9-2-3-10-11(15)4-5-16-12(10)6-9/h2-6,13-14,18-19H,7H2,1H3. The van der Waals surface area contributed by atoms with E-state index in [1.807, 2.05) is 0 Å². The Hall–Kier alpha value is -1.14. The quantitative estimate of drug-likeness (QED) is 0.908. The van der Waals surface area contributed by atoms with Gasteiger partial charge >= 0.3 is 0 Å². The Balaban J connectivity index is 2.22. The van der Waals surface area contributed by atoms with Gasteiger partial charge in [0.05, 0.1) is 16.6 Å². The van der Waals surface area contributed by atoms with Gasteiger partial charge in [-0.25, -0.2) is 0 Å². The fraction of sp³-hybridized carbons (Fsp3) is 0.286. The highest BCUT2D eigenvalue weighted by atomic mass is 35.5. The van der Waals surface area contributed by atoms with Crippen molar-refractivity contribution in [2.24, 2.45) is 0 Å². The van der Waals surface area contributed by atoms with Crippen LogP contribution in [-0.2, 0) is 4.79 Å².